The van der Waals surface area contributed by atoms with Gasteiger partial charge in [0.1, 0.15) is 24.4 Å². The molecule has 3 saturated heterocycles. The Kier molecular flexibility index (Phi) is 7.44. The smallest absolute Gasteiger partial charge is 0.369 e. The zero-order valence-corrected chi connectivity index (χ0v) is 24.6. The Bertz CT molecular complexity index is 2010. The molecular weight excluding hydrogens is 676 g/mol. The number of H-pyrrole nitrogens is 2. The minimum Gasteiger partial charge on any atom is -0.369 e. The van der Waals surface area contributed by atoms with Gasteiger partial charge in [0.05, 0.1) is 25.9 Å². The van der Waals surface area contributed by atoms with Crippen molar-refractivity contribution in [3.8, 4) is 0 Å². The fourth-order valence-corrected chi connectivity index (χ4v) is 7.46. The van der Waals surface area contributed by atoms with Crippen molar-refractivity contribution >= 4 is 54.6 Å². The fraction of sp³-hybridized carbons (Fsp3) is 0.526. The molecule has 7 rings (SSSR count). The maximum absolute atomic E-state index is 15.9. The molecule has 6 N–H and O–H groups in total. The first kappa shape index (κ1) is 30.5. The highest BCUT2D eigenvalue weighted by Gasteiger charge is 2.54. The molecular formula is C19H20F2N10O11P2S. The molecule has 2 bridgehead atoms. The summed E-state index contributed by atoms with van der Waals surface area (Å²) in [5, 5.41) is 7.46. The van der Waals surface area contributed by atoms with Crippen molar-refractivity contribution in [3.63, 3.8) is 0 Å². The molecule has 0 radical (unpaired) electrons. The lowest BCUT2D eigenvalue weighted by Crippen LogP contribution is -2.34. The number of nitrogen functional groups attached to an aromatic ring is 1. The van der Waals surface area contributed by atoms with E-state index in [4.69, 9.17) is 45.1 Å². The largest absolute Gasteiger partial charge is 0.472 e. The lowest BCUT2D eigenvalue weighted by atomic mass is 10.1. The zero-order chi connectivity index (χ0) is 31.8. The Labute approximate surface area is 251 Å². The molecule has 0 saturated carbocycles. The second kappa shape index (κ2) is 11.0. The number of nitrogens with one attached hydrogen (secondary N) is 2. The minimum absolute atomic E-state index is 0.0761. The summed E-state index contributed by atoms with van der Waals surface area (Å²) in [7, 11) is -5.19. The number of halogens is 2. The molecule has 45 heavy (non-hydrogen) atoms. The number of aromatic amines is 2. The SMILES string of the molecule is Nc1nc2c(nnn2[C@@H]2O[C@@H]3COP(=O)(O)O[C@H]4[C@H](F)[C@H](n5cnc6c(=O)[nH]cnc65)O[C@@H]4COP(O)(=S)O[C@@H]2[C@@H]3F)c(=O)[nH]1. The molecule has 21 nitrogen and oxygen atoms in total. The van der Waals surface area contributed by atoms with Gasteiger partial charge in [0.2, 0.25) is 5.95 Å². The van der Waals surface area contributed by atoms with Crippen LogP contribution in [0, 0.1) is 0 Å². The van der Waals surface area contributed by atoms with Gasteiger partial charge in [0, 0.05) is 0 Å². The van der Waals surface area contributed by atoms with Crippen molar-refractivity contribution in [3.05, 3.63) is 33.4 Å². The molecule has 4 aromatic rings. The third-order valence-electron chi connectivity index (χ3n) is 7.08. The van der Waals surface area contributed by atoms with Gasteiger partial charge in [-0.1, -0.05) is 5.21 Å². The van der Waals surface area contributed by atoms with Crippen molar-refractivity contribution in [2.24, 2.45) is 0 Å². The van der Waals surface area contributed by atoms with E-state index in [0.29, 0.717) is 0 Å². The first-order valence-corrected chi connectivity index (χ1v) is 16.8. The minimum atomic E-state index is -5.19. The summed E-state index contributed by atoms with van der Waals surface area (Å²) >= 11 is 5.09. The molecule has 3 fully saturated rings. The van der Waals surface area contributed by atoms with E-state index in [1.54, 1.807) is 0 Å². The summed E-state index contributed by atoms with van der Waals surface area (Å²) in [6.07, 6.45) is -12.5. The van der Waals surface area contributed by atoms with Crippen molar-refractivity contribution in [2.75, 3.05) is 18.9 Å². The van der Waals surface area contributed by atoms with Crippen LogP contribution in [0.25, 0.3) is 22.3 Å². The second-order valence-corrected chi connectivity index (χ2v) is 14.1. The zero-order valence-electron chi connectivity index (χ0n) is 22.0. The number of hydrogen-bond acceptors (Lipinski definition) is 16. The van der Waals surface area contributed by atoms with Crippen molar-refractivity contribution in [1.82, 2.24) is 44.5 Å². The summed E-state index contributed by atoms with van der Waals surface area (Å²) in [6, 6.07) is 0. The Morgan fingerprint density at radius 3 is 2.53 bits per heavy atom. The van der Waals surface area contributed by atoms with Crippen molar-refractivity contribution in [2.45, 2.75) is 49.2 Å². The number of nitrogens with zero attached hydrogens (tertiary/aromatic N) is 7. The maximum Gasteiger partial charge on any atom is 0.472 e. The Morgan fingerprint density at radius 1 is 0.978 bits per heavy atom. The lowest BCUT2D eigenvalue weighted by Gasteiger charge is -2.26. The molecule has 0 spiro atoms. The van der Waals surface area contributed by atoms with Gasteiger partial charge in [-0.15, -0.1) is 5.10 Å². The van der Waals surface area contributed by atoms with Gasteiger partial charge in [0.15, 0.2) is 47.1 Å². The molecule has 10 atom stereocenters. The van der Waals surface area contributed by atoms with Crippen LogP contribution in [-0.4, -0.2) is 104 Å². The number of imidazole rings is 1. The number of alkyl halides is 2. The maximum atomic E-state index is 15.9. The molecule has 0 amide bonds. The highest BCUT2D eigenvalue weighted by molar-refractivity contribution is 8.07. The number of phosphoric acid groups is 1. The number of hydrogen-bond donors (Lipinski definition) is 5. The summed E-state index contributed by atoms with van der Waals surface area (Å²) < 4.78 is 78.8. The van der Waals surface area contributed by atoms with Gasteiger partial charge >= 0.3 is 14.5 Å². The molecule has 3 aliphatic heterocycles. The summed E-state index contributed by atoms with van der Waals surface area (Å²) in [4.78, 5) is 62.1. The average Bonchev–Trinajstić information content (AvgIpc) is 3.72. The Balaban J connectivity index is 1.21. The van der Waals surface area contributed by atoms with Gasteiger partial charge in [-0.3, -0.25) is 32.7 Å². The third-order valence-corrected chi connectivity index (χ3v) is 9.62. The van der Waals surface area contributed by atoms with Crippen LogP contribution in [0.15, 0.2) is 22.2 Å². The number of aromatic nitrogens is 9. The number of rotatable bonds is 2. The van der Waals surface area contributed by atoms with E-state index in [1.165, 1.54) is 0 Å². The van der Waals surface area contributed by atoms with Gasteiger partial charge in [-0.05, 0) is 11.8 Å². The number of fused-ring (bicyclic) bond motifs is 5. The van der Waals surface area contributed by atoms with E-state index in [-0.39, 0.29) is 28.3 Å². The van der Waals surface area contributed by atoms with Gasteiger partial charge in [-0.25, -0.2) is 23.3 Å². The van der Waals surface area contributed by atoms with E-state index < -0.39 is 88.1 Å². The van der Waals surface area contributed by atoms with Gasteiger partial charge < -0.3 is 34.5 Å². The topological polar surface area (TPSA) is 279 Å². The standard InChI is InChI=1S/C19H20F2N10O11P2S/c20-7-5-1-37-43(34,35)41-11-6(40-17(8(11)21)30-4-25-9-13(30)23-3-24-15(9)32)2-38-44(36,45)42-12(7)18(39-5)31-14-10(28-29-31)16(33)27-19(22)26-14/h3-8,11-12,17-18H,1-2H2,(H,34,35)(H,36,45)(H,23,24,32)(H3,22,26,27,33)/t5-,6-,7-,8+,11-,12-,17-,18-,44?/m1/s1. The predicted molar refractivity (Wildman–Crippen MR) is 144 cm³/mol. The van der Waals surface area contributed by atoms with E-state index in [0.717, 1.165) is 21.9 Å². The van der Waals surface area contributed by atoms with Crippen LogP contribution >= 0.6 is 14.5 Å². The quantitative estimate of drug-likeness (QED) is 0.154. The first-order chi connectivity index (χ1) is 21.3. The Hall–Kier alpha value is -3.15. The van der Waals surface area contributed by atoms with Gasteiger partial charge in [0.25, 0.3) is 11.1 Å². The average molecular weight is 696 g/mol. The molecule has 2 unspecified atom stereocenters. The van der Waals surface area contributed by atoms with Crippen molar-refractivity contribution < 1.29 is 50.7 Å². The van der Waals surface area contributed by atoms with Crippen LogP contribution in [-0.2, 0) is 43.9 Å². The summed E-state index contributed by atoms with van der Waals surface area (Å²) in [5.41, 5.74) is 3.46. The van der Waals surface area contributed by atoms with E-state index in [2.05, 4.69) is 35.2 Å². The fourth-order valence-electron chi connectivity index (χ4n) is 5.10. The number of nitrogens with two attached hydrogens (primary N) is 1. The molecule has 0 aromatic carbocycles. The van der Waals surface area contributed by atoms with Crippen LogP contribution in [0.5, 0.6) is 0 Å². The van der Waals surface area contributed by atoms with E-state index in [1.807, 2.05) is 0 Å². The number of ether oxygens (including phenoxy) is 2. The second-order valence-electron chi connectivity index (χ2n) is 9.90. The molecule has 26 heteroatoms. The first-order valence-electron chi connectivity index (χ1n) is 12.7. The van der Waals surface area contributed by atoms with Crippen LogP contribution in [0.4, 0.5) is 14.7 Å². The van der Waals surface area contributed by atoms with Crippen molar-refractivity contribution in [1.29, 1.82) is 0 Å². The highest BCUT2D eigenvalue weighted by Crippen LogP contribution is 2.54. The normalized spacial score (nSPS) is 37.7. The van der Waals surface area contributed by atoms with Crippen LogP contribution in [0.2, 0.25) is 0 Å². The monoisotopic (exact) mass is 696 g/mol. The molecule has 242 valence electrons. The van der Waals surface area contributed by atoms with E-state index in [9.17, 15) is 23.9 Å². The number of phosphoric ester groups is 1. The van der Waals surface area contributed by atoms with Crippen LogP contribution in [0.3, 0.4) is 0 Å². The highest BCUT2D eigenvalue weighted by atomic mass is 32.5. The number of anilines is 1. The molecule has 7 heterocycles. The van der Waals surface area contributed by atoms with Crippen LogP contribution in [0.1, 0.15) is 12.5 Å². The predicted octanol–water partition coefficient (Wildman–Crippen LogP) is -1.16. The van der Waals surface area contributed by atoms with Gasteiger partial charge in [-0.2, -0.15) is 9.67 Å². The molecule has 0 aliphatic carbocycles. The summed E-state index contributed by atoms with van der Waals surface area (Å²) in [5.74, 6) is -0.332. The Morgan fingerprint density at radius 2 is 1.73 bits per heavy atom. The molecule has 4 aromatic heterocycles. The lowest BCUT2D eigenvalue weighted by molar-refractivity contribution is -0.0668. The summed E-state index contributed by atoms with van der Waals surface area (Å²) in [6.45, 7) is -6.20. The van der Waals surface area contributed by atoms with Crippen LogP contribution < -0.4 is 16.9 Å². The third kappa shape index (κ3) is 5.40. The van der Waals surface area contributed by atoms with E-state index >= 15 is 8.78 Å². The molecule has 3 aliphatic rings.